The number of hydroxylamine groups is 2. The van der Waals surface area contributed by atoms with Gasteiger partial charge in [0, 0.05) is 25.0 Å². The molecule has 0 bridgehead atoms. The number of esters is 1. The molecule has 0 N–H and O–H groups in total. The molecule has 0 aliphatic carbocycles. The van der Waals surface area contributed by atoms with Crippen molar-refractivity contribution in [3.8, 4) is 0 Å². The topological polar surface area (TPSA) is 192 Å². The summed E-state index contributed by atoms with van der Waals surface area (Å²) in [5.41, 5.74) is 0. The van der Waals surface area contributed by atoms with Gasteiger partial charge in [0.25, 0.3) is 23.6 Å². The third kappa shape index (κ3) is 14.9. The maximum absolute atomic E-state index is 11.6. The van der Waals surface area contributed by atoms with E-state index in [-0.39, 0.29) is 57.4 Å². The molecule has 2 heterocycles. The van der Waals surface area contributed by atoms with E-state index in [9.17, 15) is 28.8 Å². The van der Waals surface area contributed by atoms with Crippen LogP contribution in [0.3, 0.4) is 0 Å². The second-order valence-electron chi connectivity index (χ2n) is 8.29. The summed E-state index contributed by atoms with van der Waals surface area (Å²) < 4.78 is 41.2. The molecular weight excluding hydrogens is 568 g/mol. The first kappa shape index (κ1) is 34.7. The lowest BCUT2D eigenvalue weighted by atomic mass is 10.4. The van der Waals surface area contributed by atoms with Crippen molar-refractivity contribution in [3.05, 3.63) is 12.2 Å². The number of rotatable bonds is 24. The first-order valence-corrected chi connectivity index (χ1v) is 13.2. The third-order valence-corrected chi connectivity index (χ3v) is 5.24. The summed E-state index contributed by atoms with van der Waals surface area (Å²) in [5, 5.41) is 0.315. The van der Waals surface area contributed by atoms with E-state index in [0.717, 1.165) is 4.90 Å². The highest BCUT2D eigenvalue weighted by Gasteiger charge is 2.33. The summed E-state index contributed by atoms with van der Waals surface area (Å²) in [5.74, 6) is -2.66. The van der Waals surface area contributed by atoms with Crippen molar-refractivity contribution in [2.24, 2.45) is 0 Å². The number of hydrogen-bond acceptors (Lipinski definition) is 15. The van der Waals surface area contributed by atoms with Gasteiger partial charge in [0.1, 0.15) is 0 Å². The maximum Gasteiger partial charge on any atom is 0.536 e. The molecule has 2 aliphatic rings. The molecular formula is C25H36N2O15. The van der Waals surface area contributed by atoms with E-state index in [2.05, 4.69) is 14.3 Å². The average Bonchev–Trinajstić information content (AvgIpc) is 3.46. The second-order valence-corrected chi connectivity index (χ2v) is 8.29. The van der Waals surface area contributed by atoms with Gasteiger partial charge in [0.05, 0.1) is 92.2 Å². The van der Waals surface area contributed by atoms with E-state index in [0.29, 0.717) is 64.5 Å². The van der Waals surface area contributed by atoms with Crippen LogP contribution in [0.25, 0.3) is 0 Å². The van der Waals surface area contributed by atoms with Gasteiger partial charge < -0.3 is 37.9 Å². The molecule has 0 atom stereocenters. The molecule has 0 aromatic rings. The number of carbonyl (C=O) groups excluding carboxylic acids is 6. The standard InChI is InChI=1S/C25H36N2O15/c28-20-1-2-21(29)26(20)6-8-35-10-12-37-14-16-39-18-17-38-15-13-36-11-9-34-7-5-24(32)40-19-41-25(33)42-27-22(30)3-4-23(27)31/h1-2H,3-19H2. The van der Waals surface area contributed by atoms with Gasteiger partial charge in [-0.15, -0.1) is 0 Å². The van der Waals surface area contributed by atoms with Crippen LogP contribution in [0, 0.1) is 0 Å². The normalized spacial score (nSPS) is 14.8. The lowest BCUT2D eigenvalue weighted by molar-refractivity contribution is -0.182. The predicted octanol–water partition coefficient (Wildman–Crippen LogP) is -0.881. The summed E-state index contributed by atoms with van der Waals surface area (Å²) in [6.07, 6.45) is 0.929. The summed E-state index contributed by atoms with van der Waals surface area (Å²) >= 11 is 0. The van der Waals surface area contributed by atoms with E-state index in [1.165, 1.54) is 12.2 Å². The fraction of sp³-hybridized carbons (Fsp3) is 0.680. The van der Waals surface area contributed by atoms with Crippen LogP contribution in [-0.4, -0.2) is 138 Å². The van der Waals surface area contributed by atoms with Gasteiger partial charge >= 0.3 is 12.1 Å². The zero-order valence-corrected chi connectivity index (χ0v) is 23.2. The number of imide groups is 2. The zero-order valence-electron chi connectivity index (χ0n) is 23.2. The van der Waals surface area contributed by atoms with E-state index in [1.807, 2.05) is 0 Å². The molecule has 1 fully saturated rings. The van der Waals surface area contributed by atoms with Gasteiger partial charge in [-0.3, -0.25) is 33.7 Å². The summed E-state index contributed by atoms with van der Waals surface area (Å²) in [4.78, 5) is 73.9. The molecule has 42 heavy (non-hydrogen) atoms. The molecule has 0 saturated carbocycles. The number of nitrogens with zero attached hydrogens (tertiary/aromatic N) is 2. The van der Waals surface area contributed by atoms with Crippen molar-refractivity contribution in [2.75, 3.05) is 92.6 Å². The highest BCUT2D eigenvalue weighted by molar-refractivity contribution is 6.12. The molecule has 0 aromatic carbocycles. The Hall–Kier alpha value is -3.48. The van der Waals surface area contributed by atoms with Crippen LogP contribution < -0.4 is 0 Å². The highest BCUT2D eigenvalue weighted by atomic mass is 16.9. The molecule has 17 nitrogen and oxygen atoms in total. The van der Waals surface area contributed by atoms with Gasteiger partial charge in [-0.05, 0) is 0 Å². The molecule has 0 unspecified atom stereocenters. The van der Waals surface area contributed by atoms with Gasteiger partial charge in [0.2, 0.25) is 6.79 Å². The lowest BCUT2D eigenvalue weighted by Crippen LogP contribution is -2.33. The molecule has 0 radical (unpaired) electrons. The third-order valence-electron chi connectivity index (χ3n) is 5.24. The van der Waals surface area contributed by atoms with Crippen LogP contribution in [0.1, 0.15) is 19.3 Å². The smallest absolute Gasteiger partial charge is 0.428 e. The second kappa shape index (κ2) is 21.3. The Morgan fingerprint density at radius 3 is 1.50 bits per heavy atom. The van der Waals surface area contributed by atoms with Crippen molar-refractivity contribution >= 4 is 35.8 Å². The van der Waals surface area contributed by atoms with E-state index in [1.54, 1.807) is 0 Å². The average molecular weight is 605 g/mol. The van der Waals surface area contributed by atoms with Crippen LogP contribution in [0.2, 0.25) is 0 Å². The fourth-order valence-electron chi connectivity index (χ4n) is 3.14. The van der Waals surface area contributed by atoms with Gasteiger partial charge in [-0.25, -0.2) is 4.79 Å². The minimum absolute atomic E-state index is 0.0512. The minimum atomic E-state index is -1.34. The quantitative estimate of drug-likeness (QED) is 0.0570. The summed E-state index contributed by atoms with van der Waals surface area (Å²) in [6, 6.07) is 0. The van der Waals surface area contributed by atoms with Crippen molar-refractivity contribution in [1.82, 2.24) is 9.96 Å². The largest absolute Gasteiger partial charge is 0.536 e. The van der Waals surface area contributed by atoms with Crippen LogP contribution >= 0.6 is 0 Å². The Morgan fingerprint density at radius 2 is 1.02 bits per heavy atom. The van der Waals surface area contributed by atoms with E-state index in [4.69, 9.17) is 28.4 Å². The Morgan fingerprint density at radius 1 is 0.595 bits per heavy atom. The van der Waals surface area contributed by atoms with E-state index < -0.39 is 30.7 Å². The van der Waals surface area contributed by atoms with Gasteiger partial charge in [-0.2, -0.15) is 0 Å². The minimum Gasteiger partial charge on any atom is -0.428 e. The molecule has 17 heteroatoms. The first-order valence-electron chi connectivity index (χ1n) is 13.2. The van der Waals surface area contributed by atoms with Crippen molar-refractivity contribution in [1.29, 1.82) is 0 Å². The lowest BCUT2D eigenvalue weighted by Gasteiger charge is -2.13. The summed E-state index contributed by atoms with van der Waals surface area (Å²) in [7, 11) is 0. The fourth-order valence-corrected chi connectivity index (χ4v) is 3.14. The molecule has 236 valence electrons. The number of hydrogen-bond donors (Lipinski definition) is 0. The SMILES string of the molecule is O=C(CCOCCOCCOCCOCCOCCOCCN1C(=O)C=CC1=O)OCOC(=O)ON1C(=O)CCC1=O. The first-order chi connectivity index (χ1) is 20.4. The molecule has 0 aromatic heterocycles. The Bertz CT molecular complexity index is 891. The highest BCUT2D eigenvalue weighted by Crippen LogP contribution is 2.12. The molecule has 2 aliphatic heterocycles. The number of carbonyl (C=O) groups is 6. The van der Waals surface area contributed by atoms with Crippen LogP contribution in [-0.2, 0) is 66.7 Å². The number of ether oxygens (including phenoxy) is 8. The van der Waals surface area contributed by atoms with Gasteiger partial charge in [-0.1, -0.05) is 5.06 Å². The van der Waals surface area contributed by atoms with E-state index >= 15 is 0 Å². The Balaban J connectivity index is 1.24. The monoisotopic (exact) mass is 604 g/mol. The molecule has 2 rings (SSSR count). The van der Waals surface area contributed by atoms with Crippen molar-refractivity contribution < 1.29 is 71.5 Å². The van der Waals surface area contributed by atoms with Crippen molar-refractivity contribution in [3.63, 3.8) is 0 Å². The van der Waals surface area contributed by atoms with Crippen molar-refractivity contribution in [2.45, 2.75) is 19.3 Å². The molecule has 1 saturated heterocycles. The predicted molar refractivity (Wildman–Crippen MR) is 135 cm³/mol. The van der Waals surface area contributed by atoms with Crippen LogP contribution in [0.4, 0.5) is 4.79 Å². The molecule has 4 amide bonds. The van der Waals surface area contributed by atoms with Crippen LogP contribution in [0.5, 0.6) is 0 Å². The Labute approximate surface area is 241 Å². The van der Waals surface area contributed by atoms with Crippen LogP contribution in [0.15, 0.2) is 12.2 Å². The van der Waals surface area contributed by atoms with Gasteiger partial charge in [0.15, 0.2) is 0 Å². The summed E-state index contributed by atoms with van der Waals surface area (Å²) in [6.45, 7) is 3.35. The number of amides is 4. The molecule has 0 spiro atoms. The Kier molecular flexibility index (Phi) is 17.6. The maximum atomic E-state index is 11.6. The zero-order chi connectivity index (χ0) is 30.4.